The van der Waals surface area contributed by atoms with Crippen molar-refractivity contribution in [3.63, 3.8) is 0 Å². The number of hydroxylamine groups is 1. The van der Waals surface area contributed by atoms with Gasteiger partial charge in [-0.1, -0.05) is 37.6 Å². The minimum atomic E-state index is -4.50. The van der Waals surface area contributed by atoms with Crippen molar-refractivity contribution in [2.45, 2.75) is 36.2 Å². The summed E-state index contributed by atoms with van der Waals surface area (Å²) >= 11 is 1.49. The van der Waals surface area contributed by atoms with E-state index in [0.717, 1.165) is 29.9 Å². The fourth-order valence-corrected chi connectivity index (χ4v) is 3.16. The quantitative estimate of drug-likeness (QED) is 0.409. The summed E-state index contributed by atoms with van der Waals surface area (Å²) in [6.45, 7) is 1.99. The van der Waals surface area contributed by atoms with Crippen LogP contribution in [0.15, 0.2) is 59.5 Å². The smallest absolute Gasteiger partial charge is 0.366 e. The summed E-state index contributed by atoms with van der Waals surface area (Å²) in [6.07, 6.45) is -2.91. The number of thioether (sulfide) groups is 1. The molecule has 7 heteroatoms. The first kappa shape index (κ1) is 19.3. The van der Waals surface area contributed by atoms with Crippen LogP contribution in [0.4, 0.5) is 13.2 Å². The topological polar surface area (TPSA) is 38.3 Å². The van der Waals surface area contributed by atoms with Gasteiger partial charge < -0.3 is 4.84 Å². The molecule has 0 saturated carbocycles. The number of carbonyl (C=O) groups excluding carboxylic acids is 1. The summed E-state index contributed by atoms with van der Waals surface area (Å²) < 4.78 is 38.2. The lowest BCUT2D eigenvalue weighted by Gasteiger charge is -2.17. The maximum atomic E-state index is 12.7. The highest BCUT2D eigenvalue weighted by atomic mass is 32.2. The van der Waals surface area contributed by atoms with Gasteiger partial charge >= 0.3 is 12.1 Å². The van der Waals surface area contributed by atoms with E-state index < -0.39 is 17.7 Å². The van der Waals surface area contributed by atoms with Gasteiger partial charge in [-0.3, -0.25) is 0 Å². The van der Waals surface area contributed by atoms with E-state index in [9.17, 15) is 18.0 Å². The molecule has 0 spiro atoms. The molecule has 1 atom stereocenters. The van der Waals surface area contributed by atoms with Crippen LogP contribution in [-0.4, -0.2) is 11.3 Å². The van der Waals surface area contributed by atoms with E-state index in [4.69, 9.17) is 4.84 Å². The summed E-state index contributed by atoms with van der Waals surface area (Å²) in [5.74, 6) is -0.846. The zero-order valence-electron chi connectivity index (χ0n) is 13.5. The summed E-state index contributed by atoms with van der Waals surface area (Å²) in [5.41, 5.74) is 1.62. The van der Waals surface area contributed by atoms with Crippen LogP contribution in [0.3, 0.4) is 0 Å². The first-order valence-electron chi connectivity index (χ1n) is 7.76. The number of halogens is 3. The summed E-state index contributed by atoms with van der Waals surface area (Å²) in [4.78, 5) is 18.0. The lowest BCUT2D eigenvalue weighted by Crippen LogP contribution is -2.29. The molecule has 0 aliphatic heterocycles. The highest BCUT2D eigenvalue weighted by Crippen LogP contribution is 2.29. The standard InChI is InChI=1S/C18H18F3NO2S/c1-2-7-16(25-15-10-4-3-5-11-15)22-24-17(23)13-8-6-9-14(12-13)18(19,20)21/h3-6,8-12,16,22H,2,7H2,1H3. The molecule has 25 heavy (non-hydrogen) atoms. The average Bonchev–Trinajstić information content (AvgIpc) is 2.60. The molecule has 1 N–H and O–H groups in total. The molecular weight excluding hydrogens is 351 g/mol. The molecule has 0 saturated heterocycles. The Balaban J connectivity index is 1.99. The lowest BCUT2D eigenvalue weighted by molar-refractivity contribution is -0.137. The first-order valence-corrected chi connectivity index (χ1v) is 8.63. The van der Waals surface area contributed by atoms with Crippen molar-refractivity contribution in [1.82, 2.24) is 5.48 Å². The molecule has 2 rings (SSSR count). The molecule has 0 heterocycles. The van der Waals surface area contributed by atoms with E-state index in [2.05, 4.69) is 5.48 Å². The van der Waals surface area contributed by atoms with Crippen LogP contribution in [0.1, 0.15) is 35.7 Å². The molecule has 2 aromatic rings. The van der Waals surface area contributed by atoms with Crippen molar-refractivity contribution in [3.05, 3.63) is 65.7 Å². The Hall–Kier alpha value is -1.99. The fraction of sp³-hybridized carbons (Fsp3) is 0.278. The zero-order chi connectivity index (χ0) is 18.3. The van der Waals surface area contributed by atoms with Crippen molar-refractivity contribution >= 4 is 17.7 Å². The molecule has 0 aliphatic rings. The van der Waals surface area contributed by atoms with Gasteiger partial charge in [-0.15, -0.1) is 17.2 Å². The average molecular weight is 369 g/mol. The molecule has 0 radical (unpaired) electrons. The Morgan fingerprint density at radius 2 is 1.88 bits per heavy atom. The predicted molar refractivity (Wildman–Crippen MR) is 91.0 cm³/mol. The van der Waals surface area contributed by atoms with Crippen LogP contribution in [0, 0.1) is 0 Å². The number of benzene rings is 2. The van der Waals surface area contributed by atoms with E-state index in [1.807, 2.05) is 37.3 Å². The molecule has 0 aromatic heterocycles. The third kappa shape index (κ3) is 6.10. The van der Waals surface area contributed by atoms with Gasteiger partial charge in [0.2, 0.25) is 0 Å². The summed E-state index contributed by atoms with van der Waals surface area (Å²) in [7, 11) is 0. The van der Waals surface area contributed by atoms with E-state index in [-0.39, 0.29) is 10.9 Å². The predicted octanol–water partition coefficient (Wildman–Crippen LogP) is 5.29. The second kappa shape index (κ2) is 8.92. The molecular formula is C18H18F3NO2S. The third-order valence-corrected chi connectivity index (χ3v) is 4.44. The van der Waals surface area contributed by atoms with Crippen molar-refractivity contribution in [1.29, 1.82) is 0 Å². The fourth-order valence-electron chi connectivity index (χ4n) is 2.07. The molecule has 1 unspecified atom stereocenters. The monoisotopic (exact) mass is 369 g/mol. The van der Waals surface area contributed by atoms with E-state index in [1.54, 1.807) is 0 Å². The van der Waals surface area contributed by atoms with Crippen LogP contribution >= 0.6 is 11.8 Å². The Morgan fingerprint density at radius 1 is 1.16 bits per heavy atom. The van der Waals surface area contributed by atoms with E-state index in [1.165, 1.54) is 23.9 Å². The molecule has 3 nitrogen and oxygen atoms in total. The van der Waals surface area contributed by atoms with Crippen LogP contribution < -0.4 is 5.48 Å². The lowest BCUT2D eigenvalue weighted by atomic mass is 10.1. The molecule has 134 valence electrons. The van der Waals surface area contributed by atoms with Crippen LogP contribution in [-0.2, 0) is 11.0 Å². The summed E-state index contributed by atoms with van der Waals surface area (Å²) in [5, 5.41) is -0.192. The van der Waals surface area contributed by atoms with Crippen molar-refractivity contribution in [2.24, 2.45) is 0 Å². The number of carbonyl (C=O) groups is 1. The maximum Gasteiger partial charge on any atom is 0.416 e. The molecule has 0 aliphatic carbocycles. The van der Waals surface area contributed by atoms with Gasteiger partial charge in [-0.05, 0) is 36.8 Å². The van der Waals surface area contributed by atoms with Gasteiger partial charge in [0.15, 0.2) is 0 Å². The van der Waals surface area contributed by atoms with Crippen molar-refractivity contribution in [2.75, 3.05) is 0 Å². The van der Waals surface area contributed by atoms with E-state index in [0.29, 0.717) is 0 Å². The minimum Gasteiger partial charge on any atom is -0.366 e. The summed E-state index contributed by atoms with van der Waals surface area (Å²) in [6, 6.07) is 13.7. The minimum absolute atomic E-state index is 0.151. The molecule has 0 fully saturated rings. The number of alkyl halides is 3. The van der Waals surface area contributed by atoms with Gasteiger partial charge in [0.05, 0.1) is 16.5 Å². The van der Waals surface area contributed by atoms with Gasteiger partial charge in [0, 0.05) is 4.90 Å². The Morgan fingerprint density at radius 3 is 2.52 bits per heavy atom. The SMILES string of the molecule is CCCC(NOC(=O)c1cccc(C(F)(F)F)c1)Sc1ccccc1. The van der Waals surface area contributed by atoms with Crippen molar-refractivity contribution < 1.29 is 22.8 Å². The molecule has 2 aromatic carbocycles. The third-order valence-electron chi connectivity index (χ3n) is 3.28. The largest absolute Gasteiger partial charge is 0.416 e. The molecule has 0 bridgehead atoms. The Labute approximate surface area is 148 Å². The normalized spacial score (nSPS) is 12.6. The van der Waals surface area contributed by atoms with Gasteiger partial charge in [-0.2, -0.15) is 13.2 Å². The van der Waals surface area contributed by atoms with Gasteiger partial charge in [-0.25, -0.2) is 4.79 Å². The van der Waals surface area contributed by atoms with E-state index >= 15 is 0 Å². The molecule has 0 amide bonds. The van der Waals surface area contributed by atoms with Crippen LogP contribution in [0.25, 0.3) is 0 Å². The number of hydrogen-bond donors (Lipinski definition) is 1. The second-order valence-electron chi connectivity index (χ2n) is 5.29. The second-order valence-corrected chi connectivity index (χ2v) is 6.57. The van der Waals surface area contributed by atoms with Crippen LogP contribution in [0.2, 0.25) is 0 Å². The number of hydrogen-bond acceptors (Lipinski definition) is 4. The number of nitrogens with one attached hydrogen (secondary N) is 1. The maximum absolute atomic E-state index is 12.7. The van der Waals surface area contributed by atoms with Gasteiger partial charge in [0.1, 0.15) is 0 Å². The highest BCUT2D eigenvalue weighted by molar-refractivity contribution is 7.99. The Kier molecular flexibility index (Phi) is 6.90. The number of rotatable bonds is 7. The van der Waals surface area contributed by atoms with Gasteiger partial charge in [0.25, 0.3) is 0 Å². The Bertz CT molecular complexity index is 692. The highest BCUT2D eigenvalue weighted by Gasteiger charge is 2.31. The van der Waals surface area contributed by atoms with Crippen molar-refractivity contribution in [3.8, 4) is 0 Å². The zero-order valence-corrected chi connectivity index (χ0v) is 14.4. The first-order chi connectivity index (χ1) is 11.9. The van der Waals surface area contributed by atoms with Crippen LogP contribution in [0.5, 0.6) is 0 Å².